The molecule has 1 heterocycles. The maximum atomic E-state index is 12.6. The van der Waals surface area contributed by atoms with Gasteiger partial charge in [0.05, 0.1) is 19.1 Å². The maximum Gasteiger partial charge on any atom is 0.322 e. The minimum Gasteiger partial charge on any atom is -0.493 e. The van der Waals surface area contributed by atoms with Crippen molar-refractivity contribution in [1.29, 1.82) is 0 Å². The molecule has 0 aromatic heterocycles. The molecule has 8 nitrogen and oxygen atoms in total. The molecule has 27 heavy (non-hydrogen) atoms. The maximum absolute atomic E-state index is 12.6. The number of rotatable bonds is 4. The molecule has 0 spiro atoms. The molecular weight excluding hydrogens is 370 g/mol. The Morgan fingerprint density at radius 2 is 1.67 bits per heavy atom. The number of methoxy groups -OCH3 is 2. The smallest absolute Gasteiger partial charge is 0.322 e. The van der Waals surface area contributed by atoms with Crippen LogP contribution in [0.25, 0.3) is 0 Å². The minimum atomic E-state index is -3.76. The Balaban J connectivity index is 1.72. The number of primary sulfonamides is 1. The second-order valence-electron chi connectivity index (χ2n) is 6.15. The first-order valence-electron chi connectivity index (χ1n) is 8.24. The molecule has 0 aliphatic carbocycles. The predicted molar refractivity (Wildman–Crippen MR) is 100 cm³/mol. The van der Waals surface area contributed by atoms with Crippen molar-refractivity contribution in [2.24, 2.45) is 5.14 Å². The van der Waals surface area contributed by atoms with E-state index in [1.165, 1.54) is 24.3 Å². The summed E-state index contributed by atoms with van der Waals surface area (Å²) in [6.07, 6.45) is 0.702. The summed E-state index contributed by atoms with van der Waals surface area (Å²) < 4.78 is 33.2. The van der Waals surface area contributed by atoms with E-state index in [1.807, 2.05) is 12.1 Å². The molecule has 2 aromatic carbocycles. The summed E-state index contributed by atoms with van der Waals surface area (Å²) in [5.74, 6) is 1.29. The Kier molecular flexibility index (Phi) is 5.24. The van der Waals surface area contributed by atoms with Crippen molar-refractivity contribution in [2.75, 3.05) is 26.1 Å². The number of carbonyl (C=O) groups excluding carboxylic acids is 1. The number of nitrogens with one attached hydrogen (secondary N) is 1. The zero-order valence-electron chi connectivity index (χ0n) is 15.1. The van der Waals surface area contributed by atoms with Crippen molar-refractivity contribution in [1.82, 2.24) is 4.90 Å². The van der Waals surface area contributed by atoms with Crippen LogP contribution in [0.4, 0.5) is 10.5 Å². The number of benzene rings is 2. The summed E-state index contributed by atoms with van der Waals surface area (Å²) in [5, 5.41) is 7.84. The van der Waals surface area contributed by atoms with Crippen LogP contribution in [-0.4, -0.2) is 40.1 Å². The molecular formula is C18H21N3O5S. The fourth-order valence-electron chi connectivity index (χ4n) is 2.99. The van der Waals surface area contributed by atoms with Crippen LogP contribution in [-0.2, 0) is 23.0 Å². The fourth-order valence-corrected chi connectivity index (χ4v) is 3.50. The highest BCUT2D eigenvalue weighted by molar-refractivity contribution is 7.89. The molecule has 3 rings (SSSR count). The summed E-state index contributed by atoms with van der Waals surface area (Å²) in [4.78, 5) is 14.2. The highest BCUT2D eigenvalue weighted by Crippen LogP contribution is 2.33. The van der Waals surface area contributed by atoms with Crippen LogP contribution >= 0.6 is 0 Å². The first-order valence-corrected chi connectivity index (χ1v) is 9.79. The Bertz CT molecular complexity index is 958. The number of amides is 2. The van der Waals surface area contributed by atoms with Crippen LogP contribution in [0.3, 0.4) is 0 Å². The van der Waals surface area contributed by atoms with Gasteiger partial charge in [-0.3, -0.25) is 0 Å². The molecule has 144 valence electrons. The van der Waals surface area contributed by atoms with Gasteiger partial charge >= 0.3 is 6.03 Å². The molecule has 9 heteroatoms. The second-order valence-corrected chi connectivity index (χ2v) is 7.71. The first kappa shape index (κ1) is 19.0. The van der Waals surface area contributed by atoms with Gasteiger partial charge in [0.15, 0.2) is 11.5 Å². The van der Waals surface area contributed by atoms with Crippen molar-refractivity contribution in [2.45, 2.75) is 17.9 Å². The molecule has 0 saturated carbocycles. The third-order valence-electron chi connectivity index (χ3n) is 4.44. The van der Waals surface area contributed by atoms with Gasteiger partial charge in [-0.1, -0.05) is 0 Å². The molecule has 2 amide bonds. The highest BCUT2D eigenvalue weighted by atomic mass is 32.2. The minimum absolute atomic E-state index is 0.00607. The number of sulfonamides is 1. The molecule has 2 aromatic rings. The number of urea groups is 1. The highest BCUT2D eigenvalue weighted by Gasteiger charge is 2.23. The van der Waals surface area contributed by atoms with Gasteiger partial charge in [-0.15, -0.1) is 0 Å². The van der Waals surface area contributed by atoms with Crippen LogP contribution in [0.5, 0.6) is 11.5 Å². The fraction of sp³-hybridized carbons (Fsp3) is 0.278. The topological polar surface area (TPSA) is 111 Å². The lowest BCUT2D eigenvalue weighted by atomic mass is 9.99. The van der Waals surface area contributed by atoms with Crippen LogP contribution < -0.4 is 19.9 Å². The average molecular weight is 391 g/mol. The number of ether oxygens (including phenoxy) is 2. The molecule has 1 aliphatic heterocycles. The molecule has 0 atom stereocenters. The molecule has 0 unspecified atom stereocenters. The van der Waals surface area contributed by atoms with Gasteiger partial charge in [0.2, 0.25) is 10.0 Å². The van der Waals surface area contributed by atoms with E-state index in [9.17, 15) is 13.2 Å². The third kappa shape index (κ3) is 4.15. The Morgan fingerprint density at radius 1 is 1.07 bits per heavy atom. The zero-order valence-corrected chi connectivity index (χ0v) is 15.9. The van der Waals surface area contributed by atoms with Crippen LogP contribution in [0.2, 0.25) is 0 Å². The SMILES string of the molecule is COc1cc2c(cc1OC)CN(C(=O)Nc1ccc(S(N)(=O)=O)cc1)CC2. The molecule has 0 radical (unpaired) electrons. The molecule has 0 fully saturated rings. The molecule has 0 saturated heterocycles. The van der Waals surface area contributed by atoms with Crippen molar-refractivity contribution < 1.29 is 22.7 Å². The average Bonchev–Trinajstić information content (AvgIpc) is 2.66. The van der Waals surface area contributed by atoms with Crippen molar-refractivity contribution >= 4 is 21.7 Å². The van der Waals surface area contributed by atoms with E-state index in [-0.39, 0.29) is 10.9 Å². The number of hydrogen-bond acceptors (Lipinski definition) is 5. The quantitative estimate of drug-likeness (QED) is 0.827. The predicted octanol–water partition coefficient (Wildman–Crippen LogP) is 1.94. The van der Waals surface area contributed by atoms with E-state index in [1.54, 1.807) is 19.1 Å². The number of anilines is 1. The van der Waals surface area contributed by atoms with Gasteiger partial charge in [0, 0.05) is 18.8 Å². The third-order valence-corrected chi connectivity index (χ3v) is 5.37. The Hall–Kier alpha value is -2.78. The number of hydrogen-bond donors (Lipinski definition) is 2. The Labute approximate surface area is 157 Å². The van der Waals surface area contributed by atoms with Crippen molar-refractivity contribution in [3.8, 4) is 11.5 Å². The van der Waals surface area contributed by atoms with E-state index in [4.69, 9.17) is 14.6 Å². The van der Waals surface area contributed by atoms with E-state index >= 15 is 0 Å². The van der Waals surface area contributed by atoms with E-state index in [0.717, 1.165) is 11.1 Å². The van der Waals surface area contributed by atoms with Gasteiger partial charge < -0.3 is 19.7 Å². The van der Waals surface area contributed by atoms with Crippen molar-refractivity contribution in [3.63, 3.8) is 0 Å². The van der Waals surface area contributed by atoms with Gasteiger partial charge in [0.1, 0.15) is 0 Å². The summed E-state index contributed by atoms with van der Waals surface area (Å²) in [6, 6.07) is 9.27. The normalized spacial score (nSPS) is 13.7. The van der Waals surface area contributed by atoms with Gasteiger partial charge in [-0.05, 0) is 53.9 Å². The largest absolute Gasteiger partial charge is 0.493 e. The monoisotopic (exact) mass is 391 g/mol. The second kappa shape index (κ2) is 7.45. The summed E-state index contributed by atoms with van der Waals surface area (Å²) >= 11 is 0. The van der Waals surface area contributed by atoms with Gasteiger partial charge in [0.25, 0.3) is 0 Å². The molecule has 0 bridgehead atoms. The van der Waals surface area contributed by atoms with E-state index < -0.39 is 10.0 Å². The summed E-state index contributed by atoms with van der Waals surface area (Å²) in [7, 11) is -0.596. The van der Waals surface area contributed by atoms with E-state index in [2.05, 4.69) is 5.32 Å². The van der Waals surface area contributed by atoms with Crippen LogP contribution in [0.15, 0.2) is 41.3 Å². The lowest BCUT2D eigenvalue weighted by Crippen LogP contribution is -2.38. The first-order chi connectivity index (χ1) is 12.8. The lowest BCUT2D eigenvalue weighted by Gasteiger charge is -2.29. The number of fused-ring (bicyclic) bond motifs is 1. The van der Waals surface area contributed by atoms with Crippen LogP contribution in [0.1, 0.15) is 11.1 Å². The summed E-state index contributed by atoms with van der Waals surface area (Å²) in [5.41, 5.74) is 2.61. The molecule has 3 N–H and O–H groups in total. The van der Waals surface area contributed by atoms with E-state index in [0.29, 0.717) is 36.7 Å². The molecule has 1 aliphatic rings. The number of nitrogens with two attached hydrogens (primary N) is 1. The van der Waals surface area contributed by atoms with Gasteiger partial charge in [-0.25, -0.2) is 18.4 Å². The van der Waals surface area contributed by atoms with Crippen molar-refractivity contribution in [3.05, 3.63) is 47.5 Å². The standard InChI is InChI=1S/C18H21N3O5S/c1-25-16-9-12-7-8-21(11-13(12)10-17(16)26-2)18(22)20-14-3-5-15(6-4-14)27(19,23)24/h3-6,9-10H,7-8,11H2,1-2H3,(H,20,22)(H2,19,23,24). The number of nitrogens with zero attached hydrogens (tertiary/aromatic N) is 1. The number of carbonyl (C=O) groups is 1. The lowest BCUT2D eigenvalue weighted by molar-refractivity contribution is 0.206. The zero-order chi connectivity index (χ0) is 19.6. The van der Waals surface area contributed by atoms with Gasteiger partial charge in [-0.2, -0.15) is 0 Å². The summed E-state index contributed by atoms with van der Waals surface area (Å²) in [6.45, 7) is 1.00. The Morgan fingerprint density at radius 3 is 2.22 bits per heavy atom. The van der Waals surface area contributed by atoms with Crippen LogP contribution in [0, 0.1) is 0 Å².